The molecule has 0 aliphatic heterocycles. The van der Waals surface area contributed by atoms with Crippen LogP contribution >= 0.6 is 0 Å². The molecule has 4 nitrogen and oxygen atoms in total. The highest BCUT2D eigenvalue weighted by molar-refractivity contribution is 6.06. The molecule has 4 heteroatoms. The van der Waals surface area contributed by atoms with Crippen LogP contribution in [0.1, 0.15) is 27.0 Å². The van der Waals surface area contributed by atoms with E-state index in [4.69, 9.17) is 9.15 Å². The number of hydrogen-bond acceptors (Lipinski definition) is 4. The molecule has 0 aliphatic rings. The molecule has 0 spiro atoms. The van der Waals surface area contributed by atoms with E-state index in [-0.39, 0.29) is 12.4 Å². The Morgan fingerprint density at radius 1 is 0.967 bits per heavy atom. The molecule has 0 atom stereocenters. The van der Waals surface area contributed by atoms with Crippen molar-refractivity contribution in [3.05, 3.63) is 118 Å². The van der Waals surface area contributed by atoms with Crippen molar-refractivity contribution >= 4 is 22.8 Å². The minimum absolute atomic E-state index is 0.0408. The first-order valence-corrected chi connectivity index (χ1v) is 9.62. The van der Waals surface area contributed by atoms with Gasteiger partial charge in [0.25, 0.3) is 0 Å². The molecule has 0 fully saturated rings. The number of allylic oxidation sites excluding steroid dienone is 1. The molecular weight excluding hydrogens is 376 g/mol. The predicted molar refractivity (Wildman–Crippen MR) is 118 cm³/mol. The van der Waals surface area contributed by atoms with Gasteiger partial charge in [0.05, 0.1) is 0 Å². The number of rotatable bonds is 6. The summed E-state index contributed by atoms with van der Waals surface area (Å²) in [6.45, 7) is 2.21. The van der Waals surface area contributed by atoms with Crippen LogP contribution in [0.2, 0.25) is 0 Å². The van der Waals surface area contributed by atoms with Gasteiger partial charge in [-0.25, -0.2) is 4.79 Å². The van der Waals surface area contributed by atoms with Crippen molar-refractivity contribution in [1.82, 2.24) is 0 Å². The first-order chi connectivity index (χ1) is 14.6. The van der Waals surface area contributed by atoms with E-state index in [0.29, 0.717) is 16.9 Å². The zero-order valence-corrected chi connectivity index (χ0v) is 16.5. The average molecular weight is 396 g/mol. The lowest BCUT2D eigenvalue weighted by atomic mass is 10.1. The fourth-order valence-corrected chi connectivity index (χ4v) is 3.16. The Hall–Kier alpha value is -3.92. The third kappa shape index (κ3) is 4.55. The number of ketones is 1. The van der Waals surface area contributed by atoms with Crippen LogP contribution in [-0.2, 0) is 6.61 Å². The third-order valence-electron chi connectivity index (χ3n) is 4.75. The molecule has 0 unspecified atom stereocenters. The summed E-state index contributed by atoms with van der Waals surface area (Å²) < 4.78 is 11.1. The van der Waals surface area contributed by atoms with Crippen LogP contribution in [0, 0.1) is 6.92 Å². The number of hydrogen-bond donors (Lipinski definition) is 0. The van der Waals surface area contributed by atoms with Gasteiger partial charge in [0, 0.05) is 22.6 Å². The fourth-order valence-electron chi connectivity index (χ4n) is 3.16. The quantitative estimate of drug-likeness (QED) is 0.243. The van der Waals surface area contributed by atoms with Gasteiger partial charge in [0.1, 0.15) is 17.9 Å². The van der Waals surface area contributed by atoms with Crippen molar-refractivity contribution in [3.8, 4) is 5.75 Å². The predicted octanol–water partition coefficient (Wildman–Crippen LogP) is 5.58. The summed E-state index contributed by atoms with van der Waals surface area (Å²) in [5, 5.41) is 0.860. The summed E-state index contributed by atoms with van der Waals surface area (Å²) in [6.07, 6.45) is 3.33. The highest BCUT2D eigenvalue weighted by Gasteiger charge is 2.07. The maximum absolute atomic E-state index is 12.2. The molecule has 0 amide bonds. The minimum Gasteiger partial charge on any atom is -0.489 e. The van der Waals surface area contributed by atoms with E-state index in [1.807, 2.05) is 67.6 Å². The Kier molecular flexibility index (Phi) is 5.57. The van der Waals surface area contributed by atoms with Crippen molar-refractivity contribution in [1.29, 1.82) is 0 Å². The van der Waals surface area contributed by atoms with Gasteiger partial charge < -0.3 is 9.15 Å². The van der Waals surface area contributed by atoms with Gasteiger partial charge >= 0.3 is 5.63 Å². The molecule has 1 heterocycles. The highest BCUT2D eigenvalue weighted by Crippen LogP contribution is 2.21. The van der Waals surface area contributed by atoms with E-state index in [0.717, 1.165) is 22.1 Å². The van der Waals surface area contributed by atoms with Crippen LogP contribution < -0.4 is 10.4 Å². The van der Waals surface area contributed by atoms with Crippen LogP contribution in [0.4, 0.5) is 0 Å². The minimum atomic E-state index is -0.393. The maximum Gasteiger partial charge on any atom is 0.336 e. The lowest BCUT2D eigenvalue weighted by molar-refractivity contribution is 0.104. The molecule has 0 N–H and O–H groups in total. The highest BCUT2D eigenvalue weighted by atomic mass is 16.5. The Morgan fingerprint density at radius 3 is 2.50 bits per heavy atom. The second-order valence-corrected chi connectivity index (χ2v) is 7.01. The summed E-state index contributed by atoms with van der Waals surface area (Å²) in [6, 6.07) is 23.8. The molecule has 0 aliphatic carbocycles. The summed E-state index contributed by atoms with van der Waals surface area (Å²) in [5.41, 5.74) is 3.52. The number of benzene rings is 3. The van der Waals surface area contributed by atoms with E-state index < -0.39 is 5.63 Å². The molecule has 4 aromatic rings. The molecule has 0 saturated carbocycles. The summed E-state index contributed by atoms with van der Waals surface area (Å²) >= 11 is 0. The summed E-state index contributed by atoms with van der Waals surface area (Å²) in [4.78, 5) is 24.0. The second kappa shape index (κ2) is 8.62. The van der Waals surface area contributed by atoms with Crippen molar-refractivity contribution in [2.24, 2.45) is 0 Å². The molecule has 0 saturated heterocycles. The van der Waals surface area contributed by atoms with Gasteiger partial charge in [-0.05, 0) is 42.3 Å². The van der Waals surface area contributed by atoms with Crippen molar-refractivity contribution in [2.45, 2.75) is 13.5 Å². The molecule has 30 heavy (non-hydrogen) atoms. The van der Waals surface area contributed by atoms with E-state index in [1.54, 1.807) is 24.3 Å². The van der Waals surface area contributed by atoms with Crippen LogP contribution in [0.3, 0.4) is 0 Å². The first-order valence-electron chi connectivity index (χ1n) is 9.62. The topological polar surface area (TPSA) is 56.5 Å². The average Bonchev–Trinajstić information content (AvgIpc) is 2.76. The first kappa shape index (κ1) is 19.4. The van der Waals surface area contributed by atoms with Crippen LogP contribution in [0.5, 0.6) is 5.75 Å². The lowest BCUT2D eigenvalue weighted by Crippen LogP contribution is -2.04. The van der Waals surface area contributed by atoms with E-state index in [9.17, 15) is 9.59 Å². The molecule has 4 rings (SSSR count). The Labute approximate surface area is 174 Å². The maximum atomic E-state index is 12.2. The number of carbonyl (C=O) groups is 1. The van der Waals surface area contributed by atoms with E-state index >= 15 is 0 Å². The Balaban J connectivity index is 1.44. The lowest BCUT2D eigenvalue weighted by Gasteiger charge is -2.09. The number of fused-ring (bicyclic) bond motifs is 1. The molecule has 3 aromatic carbocycles. The van der Waals surface area contributed by atoms with Crippen molar-refractivity contribution in [2.75, 3.05) is 0 Å². The standard InChI is InChI=1S/C26H20O4/c1-18-7-13-23-21(16-26(28)30-25(23)15-18)17-29-22-11-8-19(9-12-22)10-14-24(27)20-5-3-2-4-6-20/h2-16H,17H2,1H3/b14-10+. The van der Waals surface area contributed by atoms with E-state index in [2.05, 4.69) is 0 Å². The van der Waals surface area contributed by atoms with Crippen LogP contribution in [0.25, 0.3) is 17.0 Å². The second-order valence-electron chi connectivity index (χ2n) is 7.01. The molecule has 148 valence electrons. The zero-order valence-electron chi connectivity index (χ0n) is 16.5. The summed E-state index contributed by atoms with van der Waals surface area (Å²) in [7, 11) is 0. The van der Waals surface area contributed by atoms with Gasteiger partial charge in [-0.3, -0.25) is 4.79 Å². The monoisotopic (exact) mass is 396 g/mol. The van der Waals surface area contributed by atoms with Crippen molar-refractivity contribution < 1.29 is 13.9 Å². The molecule has 1 aromatic heterocycles. The largest absolute Gasteiger partial charge is 0.489 e. The van der Waals surface area contributed by atoms with Crippen LogP contribution in [0.15, 0.2) is 94.2 Å². The van der Waals surface area contributed by atoms with E-state index in [1.165, 1.54) is 6.07 Å². The molecule has 0 radical (unpaired) electrons. The SMILES string of the molecule is Cc1ccc2c(COc3ccc(/C=C/C(=O)c4ccccc4)cc3)cc(=O)oc2c1. The smallest absolute Gasteiger partial charge is 0.336 e. The molecular formula is C26H20O4. The van der Waals surface area contributed by atoms with Gasteiger partial charge in [-0.1, -0.05) is 60.7 Å². The normalized spacial score (nSPS) is 11.1. The van der Waals surface area contributed by atoms with Gasteiger partial charge in [0.15, 0.2) is 5.78 Å². The summed E-state index contributed by atoms with van der Waals surface area (Å²) in [5.74, 6) is 0.635. The Bertz CT molecular complexity index is 1270. The Morgan fingerprint density at radius 2 is 1.73 bits per heavy atom. The third-order valence-corrected chi connectivity index (χ3v) is 4.75. The fraction of sp³-hybridized carbons (Fsp3) is 0.0769. The van der Waals surface area contributed by atoms with Crippen molar-refractivity contribution in [3.63, 3.8) is 0 Å². The van der Waals surface area contributed by atoms with Gasteiger partial charge in [-0.2, -0.15) is 0 Å². The van der Waals surface area contributed by atoms with Gasteiger partial charge in [-0.15, -0.1) is 0 Å². The number of carbonyl (C=O) groups excluding carboxylic acids is 1. The van der Waals surface area contributed by atoms with Gasteiger partial charge in [0.2, 0.25) is 0 Å². The number of aryl methyl sites for hydroxylation is 1. The molecule has 0 bridgehead atoms. The zero-order chi connectivity index (χ0) is 20.9. The van der Waals surface area contributed by atoms with Crippen LogP contribution in [-0.4, -0.2) is 5.78 Å². The number of ether oxygens (including phenoxy) is 1.